The van der Waals surface area contributed by atoms with E-state index in [1.807, 2.05) is 38.1 Å². The number of carbonyl (C=O) groups is 2. The van der Waals surface area contributed by atoms with E-state index >= 15 is 0 Å². The minimum atomic E-state index is -0.250. The summed E-state index contributed by atoms with van der Waals surface area (Å²) in [6, 6.07) is 14.5. The van der Waals surface area contributed by atoms with E-state index in [4.69, 9.17) is 0 Å². The van der Waals surface area contributed by atoms with Crippen molar-refractivity contribution in [3.05, 3.63) is 82.9 Å². The van der Waals surface area contributed by atoms with Gasteiger partial charge in [-0.15, -0.1) is 0 Å². The average molecular weight is 449 g/mol. The summed E-state index contributed by atoms with van der Waals surface area (Å²) in [5.41, 5.74) is 4.04. The predicted molar refractivity (Wildman–Crippen MR) is 125 cm³/mol. The third kappa shape index (κ3) is 4.97. The van der Waals surface area contributed by atoms with Gasteiger partial charge in [0.05, 0.1) is 23.1 Å². The van der Waals surface area contributed by atoms with Crippen molar-refractivity contribution < 1.29 is 14.0 Å². The lowest BCUT2D eigenvalue weighted by Gasteiger charge is -2.31. The minimum Gasteiger partial charge on any atom is -0.356 e. The molecular weight excluding hydrogens is 419 g/mol. The van der Waals surface area contributed by atoms with Crippen LogP contribution in [0, 0.1) is 25.6 Å². The number of hydrogen-bond acceptors (Lipinski definition) is 3. The van der Waals surface area contributed by atoms with Crippen LogP contribution in [0.5, 0.6) is 0 Å². The molecule has 2 aromatic carbocycles. The third-order valence-electron chi connectivity index (χ3n) is 6.39. The number of benzene rings is 2. The van der Waals surface area contributed by atoms with Gasteiger partial charge < -0.3 is 10.2 Å². The number of nitrogens with zero attached hydrogens (tertiary/aromatic N) is 3. The van der Waals surface area contributed by atoms with Crippen LogP contribution in [0.3, 0.4) is 0 Å². The Hall–Kier alpha value is -3.48. The molecule has 2 heterocycles. The molecule has 172 valence electrons. The highest BCUT2D eigenvalue weighted by Gasteiger charge is 2.29. The molecule has 7 heteroatoms. The number of amides is 2. The van der Waals surface area contributed by atoms with Crippen LogP contribution in [-0.4, -0.2) is 46.1 Å². The lowest BCUT2D eigenvalue weighted by atomic mass is 9.95. The van der Waals surface area contributed by atoms with Crippen LogP contribution in [0.25, 0.3) is 5.69 Å². The van der Waals surface area contributed by atoms with Crippen LogP contribution in [0.4, 0.5) is 4.39 Å². The molecule has 0 saturated carbocycles. The van der Waals surface area contributed by atoms with Gasteiger partial charge in [0.15, 0.2) is 0 Å². The maximum Gasteiger partial charge on any atom is 0.257 e. The molecule has 2 amide bonds. The number of likely N-dealkylation sites (tertiary alicyclic amines) is 1. The smallest absolute Gasteiger partial charge is 0.257 e. The molecule has 3 aromatic rings. The van der Waals surface area contributed by atoms with E-state index in [1.54, 1.807) is 34.0 Å². The van der Waals surface area contributed by atoms with Crippen molar-refractivity contribution in [2.75, 3.05) is 19.6 Å². The highest BCUT2D eigenvalue weighted by Crippen LogP contribution is 2.22. The molecule has 0 aliphatic carbocycles. The molecule has 6 nitrogen and oxygen atoms in total. The van der Waals surface area contributed by atoms with Crippen molar-refractivity contribution in [1.82, 2.24) is 20.0 Å². The quantitative estimate of drug-likeness (QED) is 0.623. The molecule has 1 saturated heterocycles. The summed E-state index contributed by atoms with van der Waals surface area (Å²) in [7, 11) is 0. The Labute approximate surface area is 193 Å². The Balaban J connectivity index is 1.31. The number of aromatic nitrogens is 2. The van der Waals surface area contributed by atoms with Gasteiger partial charge in [-0.2, -0.15) is 5.10 Å². The Morgan fingerprint density at radius 1 is 1.06 bits per heavy atom. The Morgan fingerprint density at radius 2 is 1.76 bits per heavy atom. The van der Waals surface area contributed by atoms with Crippen molar-refractivity contribution in [1.29, 1.82) is 0 Å². The zero-order valence-corrected chi connectivity index (χ0v) is 19.1. The Bertz CT molecular complexity index is 1150. The van der Waals surface area contributed by atoms with Gasteiger partial charge in [0, 0.05) is 25.6 Å². The van der Waals surface area contributed by atoms with Crippen molar-refractivity contribution in [2.45, 2.75) is 33.1 Å². The number of piperidine rings is 1. The fourth-order valence-electron chi connectivity index (χ4n) is 4.34. The maximum atomic E-state index is 13.7. The molecule has 0 radical (unpaired) electrons. The highest BCUT2D eigenvalue weighted by molar-refractivity contribution is 5.95. The zero-order valence-electron chi connectivity index (χ0n) is 19.1. The van der Waals surface area contributed by atoms with Crippen molar-refractivity contribution >= 4 is 11.8 Å². The van der Waals surface area contributed by atoms with Crippen molar-refractivity contribution in [2.24, 2.45) is 5.92 Å². The van der Waals surface area contributed by atoms with Crippen LogP contribution >= 0.6 is 0 Å². The second-order valence-electron chi connectivity index (χ2n) is 8.54. The maximum absolute atomic E-state index is 13.7. The van der Waals surface area contributed by atoms with E-state index in [0.29, 0.717) is 50.0 Å². The normalized spacial score (nSPS) is 14.3. The minimum absolute atomic E-state index is 0.0259. The van der Waals surface area contributed by atoms with E-state index in [0.717, 1.165) is 16.9 Å². The monoisotopic (exact) mass is 448 g/mol. The molecule has 0 spiro atoms. The number of para-hydroxylation sites is 1. The topological polar surface area (TPSA) is 67.2 Å². The molecule has 33 heavy (non-hydrogen) atoms. The molecule has 0 bridgehead atoms. The van der Waals surface area contributed by atoms with Crippen molar-refractivity contribution in [3.63, 3.8) is 0 Å². The molecule has 4 rings (SSSR count). The molecule has 1 fully saturated rings. The first-order chi connectivity index (χ1) is 16.0. The van der Waals surface area contributed by atoms with Gasteiger partial charge in [0.1, 0.15) is 5.82 Å². The summed E-state index contributed by atoms with van der Waals surface area (Å²) in [6.07, 6.45) is 3.32. The van der Waals surface area contributed by atoms with Gasteiger partial charge in [-0.05, 0) is 56.4 Å². The van der Waals surface area contributed by atoms with Gasteiger partial charge in [-0.25, -0.2) is 9.07 Å². The summed E-state index contributed by atoms with van der Waals surface area (Å²) in [5, 5.41) is 7.37. The van der Waals surface area contributed by atoms with Gasteiger partial charge in [-0.1, -0.05) is 36.4 Å². The van der Waals surface area contributed by atoms with Gasteiger partial charge in [-0.3, -0.25) is 9.59 Å². The molecular formula is C26H29FN4O2. The number of carbonyl (C=O) groups excluding carboxylic acids is 2. The van der Waals surface area contributed by atoms with Gasteiger partial charge in [0.25, 0.3) is 5.91 Å². The molecule has 1 N–H and O–H groups in total. The van der Waals surface area contributed by atoms with Crippen LogP contribution < -0.4 is 5.32 Å². The predicted octanol–water partition coefficient (Wildman–Crippen LogP) is 3.84. The number of halogens is 1. The van der Waals surface area contributed by atoms with Crippen molar-refractivity contribution in [3.8, 4) is 5.69 Å². The molecule has 1 aromatic heterocycles. The summed E-state index contributed by atoms with van der Waals surface area (Å²) in [5.74, 6) is -0.460. The zero-order chi connectivity index (χ0) is 23.4. The van der Waals surface area contributed by atoms with E-state index < -0.39 is 0 Å². The van der Waals surface area contributed by atoms with Gasteiger partial charge in [0.2, 0.25) is 5.91 Å². The summed E-state index contributed by atoms with van der Waals surface area (Å²) in [4.78, 5) is 27.5. The van der Waals surface area contributed by atoms with Crippen LogP contribution in [0.15, 0.2) is 54.7 Å². The second-order valence-corrected chi connectivity index (χ2v) is 8.54. The van der Waals surface area contributed by atoms with E-state index in [-0.39, 0.29) is 23.5 Å². The number of rotatable bonds is 6. The van der Waals surface area contributed by atoms with Crippen LogP contribution in [-0.2, 0) is 11.2 Å². The molecule has 1 aliphatic rings. The standard InChI is InChI=1S/C26H29FN4O2/c1-18-7-3-6-10-24(18)31-19(2)22(17-29-31)26(33)30-15-12-21(13-16-30)25(32)28-14-11-20-8-4-5-9-23(20)27/h3-10,17,21H,11-16H2,1-2H3,(H,28,32). The van der Waals surface area contributed by atoms with Crippen LogP contribution in [0.1, 0.15) is 40.0 Å². The van der Waals surface area contributed by atoms with E-state index in [2.05, 4.69) is 10.4 Å². The Kier molecular flexibility index (Phi) is 6.87. The van der Waals surface area contributed by atoms with Crippen LogP contribution in [0.2, 0.25) is 0 Å². The first-order valence-electron chi connectivity index (χ1n) is 11.4. The van der Waals surface area contributed by atoms with E-state index in [9.17, 15) is 14.0 Å². The Morgan fingerprint density at radius 3 is 2.48 bits per heavy atom. The SMILES string of the molecule is Cc1ccccc1-n1ncc(C(=O)N2CCC(C(=O)NCCc3ccccc3F)CC2)c1C. The molecule has 1 aliphatic heterocycles. The fourth-order valence-corrected chi connectivity index (χ4v) is 4.34. The molecule has 0 atom stereocenters. The number of nitrogens with one attached hydrogen (secondary N) is 1. The largest absolute Gasteiger partial charge is 0.356 e. The number of aryl methyl sites for hydroxylation is 1. The van der Waals surface area contributed by atoms with E-state index in [1.165, 1.54) is 6.07 Å². The van der Waals surface area contributed by atoms with Gasteiger partial charge >= 0.3 is 0 Å². The lowest BCUT2D eigenvalue weighted by molar-refractivity contribution is -0.126. The first kappa shape index (κ1) is 22.7. The highest BCUT2D eigenvalue weighted by atomic mass is 19.1. The average Bonchev–Trinajstić information content (AvgIpc) is 3.21. The summed E-state index contributed by atoms with van der Waals surface area (Å²) >= 11 is 0. The third-order valence-corrected chi connectivity index (χ3v) is 6.39. The second kappa shape index (κ2) is 9.98. The first-order valence-corrected chi connectivity index (χ1v) is 11.4. The number of hydrogen-bond donors (Lipinski definition) is 1. The molecule has 0 unspecified atom stereocenters. The summed E-state index contributed by atoms with van der Waals surface area (Å²) < 4.78 is 15.5. The summed E-state index contributed by atoms with van der Waals surface area (Å²) in [6.45, 7) is 5.38. The lowest BCUT2D eigenvalue weighted by Crippen LogP contribution is -2.43. The fraction of sp³-hybridized carbons (Fsp3) is 0.346.